The second kappa shape index (κ2) is 20.5. The molecule has 8 unspecified atom stereocenters. The summed E-state index contributed by atoms with van der Waals surface area (Å²) in [5.41, 5.74) is 3.33. The molecule has 4 amide bonds. The minimum atomic E-state index is -1.32. The van der Waals surface area contributed by atoms with E-state index in [1.807, 2.05) is 0 Å². The number of fused-ring (bicyclic) bond motifs is 2. The number of aromatic nitrogens is 2. The zero-order valence-electron chi connectivity index (χ0n) is 38.6. The van der Waals surface area contributed by atoms with E-state index >= 15 is 17.6 Å². The molecule has 8 atom stereocenters. The molecular formula is C50H66F4N8O4. The maximum atomic E-state index is 15.8. The Balaban J connectivity index is 1.17. The monoisotopic (exact) mass is 919 g/mol. The molecule has 0 radical (unpaired) electrons. The number of likely N-dealkylation sites (tertiary alicyclic amines) is 2. The van der Waals surface area contributed by atoms with Crippen LogP contribution in [0.1, 0.15) is 102 Å². The summed E-state index contributed by atoms with van der Waals surface area (Å²) in [6, 6.07) is 4.74. The van der Waals surface area contributed by atoms with E-state index in [1.54, 1.807) is 49.9 Å². The Morgan fingerprint density at radius 3 is 1.36 bits per heavy atom. The van der Waals surface area contributed by atoms with E-state index in [0.717, 1.165) is 64.2 Å². The van der Waals surface area contributed by atoms with Gasteiger partial charge in [0.05, 0.1) is 36.6 Å². The Morgan fingerprint density at radius 2 is 1.00 bits per heavy atom. The summed E-state index contributed by atoms with van der Waals surface area (Å²) in [5.74, 6) is -2.44. The molecule has 16 heteroatoms. The highest BCUT2D eigenvalue weighted by Crippen LogP contribution is 2.41. The first-order valence-corrected chi connectivity index (χ1v) is 24.2. The molecule has 358 valence electrons. The average molecular weight is 919 g/mol. The van der Waals surface area contributed by atoms with Crippen LogP contribution < -0.4 is 21.3 Å². The maximum absolute atomic E-state index is 15.8. The zero-order chi connectivity index (χ0) is 46.8. The van der Waals surface area contributed by atoms with Crippen LogP contribution in [-0.4, -0.2) is 119 Å². The largest absolute Gasteiger partial charge is 0.353 e. The number of likely N-dealkylation sites (N-methyl/N-ethyl adjacent to an activating group) is 2. The Bertz CT molecular complexity index is 2230. The minimum absolute atomic E-state index is 0.0465. The van der Waals surface area contributed by atoms with E-state index in [1.165, 1.54) is 24.3 Å². The molecule has 2 aromatic carbocycles. The average Bonchev–Trinajstić information content (AvgIpc) is 4.08. The number of hydrogen-bond donors (Lipinski definition) is 6. The van der Waals surface area contributed by atoms with Crippen molar-refractivity contribution in [2.45, 2.75) is 152 Å². The predicted octanol–water partition coefficient (Wildman–Crippen LogP) is 6.90. The first-order chi connectivity index (χ1) is 31.7. The highest BCUT2D eigenvalue weighted by Gasteiger charge is 2.44. The van der Waals surface area contributed by atoms with Crippen molar-refractivity contribution < 1.29 is 36.7 Å². The second-order valence-electron chi connectivity index (χ2n) is 19.5. The van der Waals surface area contributed by atoms with Crippen molar-refractivity contribution >= 4 is 45.4 Å². The quantitative estimate of drug-likeness (QED) is 0.0714. The van der Waals surface area contributed by atoms with E-state index in [0.29, 0.717) is 44.3 Å². The van der Waals surface area contributed by atoms with Gasteiger partial charge in [0.25, 0.3) is 0 Å². The lowest BCUT2D eigenvalue weighted by Gasteiger charge is -2.35. The summed E-state index contributed by atoms with van der Waals surface area (Å²) in [5, 5.41) is 13.2. The van der Waals surface area contributed by atoms with Gasteiger partial charge < -0.3 is 41.0 Å². The fraction of sp³-hybridized carbons (Fsp3) is 0.600. The van der Waals surface area contributed by atoms with E-state index in [2.05, 4.69) is 31.2 Å². The molecule has 2 saturated heterocycles. The zero-order valence-corrected chi connectivity index (χ0v) is 38.6. The topological polar surface area (TPSA) is 154 Å². The predicted molar refractivity (Wildman–Crippen MR) is 247 cm³/mol. The highest BCUT2D eigenvalue weighted by atomic mass is 19.1. The fourth-order valence-corrected chi connectivity index (χ4v) is 11.3. The minimum Gasteiger partial charge on any atom is -0.353 e. The molecule has 4 aliphatic rings. The van der Waals surface area contributed by atoms with Gasteiger partial charge in [-0.3, -0.25) is 19.2 Å². The van der Waals surface area contributed by atoms with E-state index in [4.69, 9.17) is 0 Å². The summed E-state index contributed by atoms with van der Waals surface area (Å²) in [6.07, 6.45) is 6.67. The smallest absolute Gasteiger partial charge is 0.245 e. The Labute approximate surface area is 384 Å². The van der Waals surface area contributed by atoms with Gasteiger partial charge >= 0.3 is 0 Å². The molecule has 4 heterocycles. The number of carbonyl (C=O) groups excluding carboxylic acids is 4. The lowest BCUT2D eigenvalue weighted by Crippen LogP contribution is -2.56. The van der Waals surface area contributed by atoms with Crippen LogP contribution in [0.3, 0.4) is 0 Å². The van der Waals surface area contributed by atoms with Crippen LogP contribution in [0.25, 0.3) is 33.2 Å². The number of aromatic amines is 2. The molecule has 2 saturated carbocycles. The normalized spacial score (nSPS) is 23.9. The van der Waals surface area contributed by atoms with Crippen LogP contribution in [0.2, 0.25) is 0 Å². The summed E-state index contributed by atoms with van der Waals surface area (Å²) in [7, 11) is 3.35. The van der Waals surface area contributed by atoms with Crippen molar-refractivity contribution in [3.63, 3.8) is 0 Å². The molecule has 2 aliphatic carbocycles. The van der Waals surface area contributed by atoms with Crippen LogP contribution in [0, 0.1) is 23.5 Å². The van der Waals surface area contributed by atoms with Gasteiger partial charge in [0, 0.05) is 46.7 Å². The Morgan fingerprint density at radius 1 is 0.621 bits per heavy atom. The summed E-state index contributed by atoms with van der Waals surface area (Å²) in [4.78, 5) is 66.0. The van der Waals surface area contributed by atoms with Gasteiger partial charge in [-0.15, -0.1) is 0 Å². The van der Waals surface area contributed by atoms with Crippen molar-refractivity contribution in [1.82, 2.24) is 41.0 Å². The van der Waals surface area contributed by atoms with Gasteiger partial charge in [-0.25, -0.2) is 17.6 Å². The molecule has 12 nitrogen and oxygen atoms in total. The van der Waals surface area contributed by atoms with Crippen molar-refractivity contribution in [3.8, 4) is 11.4 Å². The van der Waals surface area contributed by atoms with Crippen molar-refractivity contribution in [3.05, 3.63) is 59.2 Å². The van der Waals surface area contributed by atoms with Crippen LogP contribution in [0.15, 0.2) is 36.4 Å². The third-order valence-corrected chi connectivity index (χ3v) is 15.2. The van der Waals surface area contributed by atoms with Gasteiger partial charge in [-0.1, -0.05) is 38.5 Å². The van der Waals surface area contributed by atoms with Crippen LogP contribution in [0.4, 0.5) is 17.6 Å². The maximum Gasteiger partial charge on any atom is 0.245 e. The van der Waals surface area contributed by atoms with Crippen LogP contribution >= 0.6 is 0 Å². The molecular weight excluding hydrogens is 853 g/mol. The Hall–Kier alpha value is -4.96. The number of amides is 4. The van der Waals surface area contributed by atoms with Gasteiger partial charge in [-0.2, -0.15) is 0 Å². The van der Waals surface area contributed by atoms with E-state index in [9.17, 15) is 19.2 Å². The number of alkyl halides is 2. The second-order valence-corrected chi connectivity index (χ2v) is 19.5. The third kappa shape index (κ3) is 10.00. The molecule has 4 fully saturated rings. The van der Waals surface area contributed by atoms with Crippen LogP contribution in [-0.2, 0) is 32.0 Å². The molecule has 4 aromatic rings. The number of benzene rings is 2. The summed E-state index contributed by atoms with van der Waals surface area (Å²) >= 11 is 0. The van der Waals surface area contributed by atoms with E-state index in [-0.39, 0.29) is 74.2 Å². The Kier molecular flexibility index (Phi) is 14.8. The standard InChI is InChI=1S/C50H66F4N8O4/c1-27(55-3)47(63)59-43(29-11-7-5-8-12-29)49(65)61-25-33(53)19-35(61)23-39-37-17-15-31(51)21-41(37)57-45(39)46-40(38-18-16-32(52)22-42(38)58-46)24-36-20-34(54)26-62(36)50(66)44(30-13-9-6-10-14-30)60-48(64)28(2)56-4/h15-18,21-22,27-30,33-36,43-44,55-58H,5-14,19-20,23-26H2,1-4H3,(H,59,63)(H,60,64). The summed E-state index contributed by atoms with van der Waals surface area (Å²) in [6.45, 7) is 3.17. The first-order valence-electron chi connectivity index (χ1n) is 24.2. The molecule has 2 aromatic heterocycles. The first kappa shape index (κ1) is 47.5. The third-order valence-electron chi connectivity index (χ3n) is 15.2. The van der Waals surface area contributed by atoms with Gasteiger partial charge in [0.2, 0.25) is 23.6 Å². The van der Waals surface area contributed by atoms with Crippen LogP contribution in [0.5, 0.6) is 0 Å². The van der Waals surface area contributed by atoms with E-state index < -0.39 is 60.2 Å². The van der Waals surface area contributed by atoms with Crippen molar-refractivity contribution in [2.24, 2.45) is 11.8 Å². The van der Waals surface area contributed by atoms with Gasteiger partial charge in [-0.05, 0) is 126 Å². The SMILES string of the molecule is CNC(C)C(=O)NC(C(=O)N1CC(F)CC1Cc1c(-c2[nH]c3cc(F)ccc3c2CC2CC(F)CN2C(=O)C(NC(=O)C(C)NC)C2CCCCC2)[nH]c2cc(F)ccc12)C1CCCCC1. The summed E-state index contributed by atoms with van der Waals surface area (Å²) < 4.78 is 61.6. The molecule has 0 bridgehead atoms. The van der Waals surface area contributed by atoms with Gasteiger partial charge in [0.1, 0.15) is 36.1 Å². The lowest BCUT2D eigenvalue weighted by molar-refractivity contribution is -0.139. The number of rotatable bonds is 15. The van der Waals surface area contributed by atoms with Crippen molar-refractivity contribution in [1.29, 1.82) is 0 Å². The number of hydrogen-bond acceptors (Lipinski definition) is 6. The number of nitrogens with zero attached hydrogens (tertiary/aromatic N) is 2. The number of H-pyrrole nitrogens is 2. The van der Waals surface area contributed by atoms with Crippen molar-refractivity contribution in [2.75, 3.05) is 27.2 Å². The molecule has 2 aliphatic heterocycles. The number of nitrogens with one attached hydrogen (secondary N) is 6. The van der Waals surface area contributed by atoms with Gasteiger partial charge in [0.15, 0.2) is 0 Å². The number of carbonyl (C=O) groups is 4. The molecule has 0 spiro atoms. The lowest BCUT2D eigenvalue weighted by atomic mass is 9.83. The molecule has 6 N–H and O–H groups in total. The highest BCUT2D eigenvalue weighted by molar-refractivity contribution is 5.97. The molecule has 66 heavy (non-hydrogen) atoms. The molecule has 8 rings (SSSR count). The fourth-order valence-electron chi connectivity index (χ4n) is 11.3. The number of halogens is 4.